The van der Waals surface area contributed by atoms with Gasteiger partial charge in [-0.3, -0.25) is 4.79 Å². The van der Waals surface area contributed by atoms with Crippen LogP contribution < -0.4 is 4.74 Å². The predicted molar refractivity (Wildman–Crippen MR) is 127 cm³/mol. The smallest absolute Gasteiger partial charge is 0.338 e. The normalized spacial score (nSPS) is 21.5. The lowest BCUT2D eigenvalue weighted by atomic mass is 10.0. The number of rotatable bonds is 8. The van der Waals surface area contributed by atoms with Gasteiger partial charge in [-0.05, 0) is 76.5 Å². The van der Waals surface area contributed by atoms with Crippen molar-refractivity contribution in [2.24, 2.45) is 0 Å². The Morgan fingerprint density at radius 1 is 1.12 bits per heavy atom. The standard InChI is InChI=1S/C25H34N2O6S/c1-18-8-6-7-15-26(18)34(30,31)23-16-19(11-14-22(23)32-2)25(29)33-17-24(28)27(21-12-13-21)20-9-4-3-5-10-20/h9,11,14,16,18,21H,3-8,10,12-13,15,17H2,1-2H3. The minimum atomic E-state index is -3.85. The Labute approximate surface area is 201 Å². The Morgan fingerprint density at radius 3 is 2.56 bits per heavy atom. The number of carbonyl (C=O) groups is 2. The maximum absolute atomic E-state index is 13.4. The molecule has 0 radical (unpaired) electrons. The van der Waals surface area contributed by atoms with E-state index in [1.807, 2.05) is 6.92 Å². The number of nitrogens with zero attached hydrogens (tertiary/aromatic N) is 2. The molecule has 1 atom stereocenters. The zero-order chi connectivity index (χ0) is 24.3. The van der Waals surface area contributed by atoms with Crippen LogP contribution in [0.5, 0.6) is 5.75 Å². The summed E-state index contributed by atoms with van der Waals surface area (Å²) in [6.45, 7) is 1.95. The van der Waals surface area contributed by atoms with Crippen LogP contribution in [-0.4, -0.2) is 61.8 Å². The van der Waals surface area contributed by atoms with E-state index in [4.69, 9.17) is 9.47 Å². The summed E-state index contributed by atoms with van der Waals surface area (Å²) in [7, 11) is -2.45. The third kappa shape index (κ3) is 5.30. The highest BCUT2D eigenvalue weighted by Crippen LogP contribution is 2.34. The molecule has 8 nitrogen and oxygen atoms in total. The van der Waals surface area contributed by atoms with E-state index in [9.17, 15) is 18.0 Å². The molecular formula is C25H34N2O6S. The van der Waals surface area contributed by atoms with Gasteiger partial charge in [0.05, 0.1) is 12.7 Å². The molecule has 2 aliphatic carbocycles. The first-order valence-corrected chi connectivity index (χ1v) is 13.6. The molecule has 0 bridgehead atoms. The summed E-state index contributed by atoms with van der Waals surface area (Å²) in [5.41, 5.74) is 1.11. The van der Waals surface area contributed by atoms with Gasteiger partial charge in [0.1, 0.15) is 10.6 Å². The Hall–Kier alpha value is -2.39. The van der Waals surface area contributed by atoms with Gasteiger partial charge in [-0.2, -0.15) is 4.31 Å². The van der Waals surface area contributed by atoms with E-state index in [0.717, 1.165) is 63.5 Å². The second-order valence-electron chi connectivity index (χ2n) is 9.34. The van der Waals surface area contributed by atoms with E-state index in [-0.39, 0.29) is 40.8 Å². The van der Waals surface area contributed by atoms with Crippen LogP contribution in [0.15, 0.2) is 34.9 Å². The fourth-order valence-electron chi connectivity index (χ4n) is 4.81. The molecule has 0 spiro atoms. The Morgan fingerprint density at radius 2 is 1.91 bits per heavy atom. The van der Waals surface area contributed by atoms with Gasteiger partial charge < -0.3 is 14.4 Å². The summed E-state index contributed by atoms with van der Waals surface area (Å²) in [4.78, 5) is 27.5. The van der Waals surface area contributed by atoms with Crippen LogP contribution in [0, 0.1) is 0 Å². The van der Waals surface area contributed by atoms with Crippen molar-refractivity contribution in [2.75, 3.05) is 20.3 Å². The monoisotopic (exact) mass is 490 g/mol. The van der Waals surface area contributed by atoms with Crippen LogP contribution in [0.25, 0.3) is 0 Å². The Bertz CT molecular complexity index is 1060. The summed E-state index contributed by atoms with van der Waals surface area (Å²) in [5, 5.41) is 0. The molecule has 1 saturated carbocycles. The van der Waals surface area contributed by atoms with Crippen LogP contribution >= 0.6 is 0 Å². The molecule has 1 aromatic carbocycles. The van der Waals surface area contributed by atoms with Crippen LogP contribution in [-0.2, 0) is 19.6 Å². The summed E-state index contributed by atoms with van der Waals surface area (Å²) in [6.07, 6.45) is 10.6. The number of hydrogen-bond acceptors (Lipinski definition) is 6. The number of carbonyl (C=O) groups excluding carboxylic acids is 2. The van der Waals surface area contributed by atoms with Crippen LogP contribution in [0.4, 0.5) is 0 Å². The van der Waals surface area contributed by atoms with E-state index < -0.39 is 16.0 Å². The van der Waals surface area contributed by atoms with Crippen molar-refractivity contribution < 1.29 is 27.5 Å². The molecule has 3 aliphatic rings. The van der Waals surface area contributed by atoms with Gasteiger partial charge in [-0.15, -0.1) is 0 Å². The summed E-state index contributed by atoms with van der Waals surface area (Å²) < 4.78 is 38.9. The van der Waals surface area contributed by atoms with Gasteiger partial charge in [0.15, 0.2) is 6.61 Å². The van der Waals surface area contributed by atoms with Gasteiger partial charge in [-0.25, -0.2) is 13.2 Å². The van der Waals surface area contributed by atoms with Gasteiger partial charge in [0.25, 0.3) is 5.91 Å². The lowest BCUT2D eigenvalue weighted by Gasteiger charge is -2.32. The molecule has 9 heteroatoms. The van der Waals surface area contributed by atoms with Crippen molar-refractivity contribution in [3.05, 3.63) is 35.5 Å². The van der Waals surface area contributed by atoms with Crippen LogP contribution in [0.3, 0.4) is 0 Å². The van der Waals surface area contributed by atoms with E-state index >= 15 is 0 Å². The minimum Gasteiger partial charge on any atom is -0.495 e. The number of ether oxygens (including phenoxy) is 2. The van der Waals surface area contributed by atoms with E-state index in [0.29, 0.717) is 6.54 Å². The molecule has 2 fully saturated rings. The minimum absolute atomic E-state index is 0.0588. The van der Waals surface area contributed by atoms with Crippen LogP contribution in [0.2, 0.25) is 0 Å². The molecule has 1 unspecified atom stereocenters. The fourth-order valence-corrected chi connectivity index (χ4v) is 6.69. The van der Waals surface area contributed by atoms with Gasteiger partial charge in [0.2, 0.25) is 10.0 Å². The third-order valence-electron chi connectivity index (χ3n) is 6.81. The number of benzene rings is 1. The zero-order valence-electron chi connectivity index (χ0n) is 20.0. The summed E-state index contributed by atoms with van der Waals surface area (Å²) in [6, 6.07) is 4.29. The van der Waals surface area contributed by atoms with Gasteiger partial charge in [0, 0.05) is 24.3 Å². The quantitative estimate of drug-likeness (QED) is 0.514. The van der Waals surface area contributed by atoms with E-state index in [1.54, 1.807) is 4.90 Å². The van der Waals surface area contributed by atoms with Gasteiger partial charge in [-0.1, -0.05) is 12.5 Å². The topological polar surface area (TPSA) is 93.2 Å². The third-order valence-corrected chi connectivity index (χ3v) is 8.85. The number of piperidine rings is 1. The van der Waals surface area contributed by atoms with Crippen molar-refractivity contribution in [3.8, 4) is 5.75 Å². The molecule has 186 valence electrons. The first-order valence-electron chi connectivity index (χ1n) is 12.2. The zero-order valence-corrected chi connectivity index (χ0v) is 20.8. The van der Waals surface area contributed by atoms with Crippen molar-refractivity contribution in [3.63, 3.8) is 0 Å². The predicted octanol–water partition coefficient (Wildman–Crippen LogP) is 3.86. The van der Waals surface area contributed by atoms with Gasteiger partial charge >= 0.3 is 5.97 Å². The highest BCUT2D eigenvalue weighted by Gasteiger charge is 2.36. The molecular weight excluding hydrogens is 456 g/mol. The lowest BCUT2D eigenvalue weighted by Crippen LogP contribution is -2.42. The summed E-state index contributed by atoms with van der Waals surface area (Å²) >= 11 is 0. The largest absolute Gasteiger partial charge is 0.495 e. The molecule has 1 saturated heterocycles. The molecule has 1 heterocycles. The van der Waals surface area contributed by atoms with Crippen molar-refractivity contribution in [1.82, 2.24) is 9.21 Å². The second-order valence-corrected chi connectivity index (χ2v) is 11.2. The lowest BCUT2D eigenvalue weighted by molar-refractivity contribution is -0.133. The molecule has 34 heavy (non-hydrogen) atoms. The Balaban J connectivity index is 1.49. The first-order chi connectivity index (χ1) is 16.3. The molecule has 1 aliphatic heterocycles. The van der Waals surface area contributed by atoms with Crippen molar-refractivity contribution in [2.45, 2.75) is 81.7 Å². The number of methoxy groups -OCH3 is 1. The molecule has 0 N–H and O–H groups in total. The average molecular weight is 491 g/mol. The maximum Gasteiger partial charge on any atom is 0.338 e. The number of sulfonamides is 1. The highest BCUT2D eigenvalue weighted by molar-refractivity contribution is 7.89. The highest BCUT2D eigenvalue weighted by atomic mass is 32.2. The number of allylic oxidation sites excluding steroid dienone is 2. The molecule has 0 aromatic heterocycles. The number of esters is 1. The molecule has 4 rings (SSSR count). The average Bonchev–Trinajstić information content (AvgIpc) is 3.68. The molecule has 1 aromatic rings. The summed E-state index contributed by atoms with van der Waals surface area (Å²) in [5.74, 6) is -0.783. The maximum atomic E-state index is 13.4. The first kappa shape index (κ1) is 24.7. The van der Waals surface area contributed by atoms with E-state index in [2.05, 4.69) is 6.08 Å². The van der Waals surface area contributed by atoms with Crippen molar-refractivity contribution >= 4 is 21.9 Å². The number of hydrogen-bond donors (Lipinski definition) is 0. The SMILES string of the molecule is COc1ccc(C(=O)OCC(=O)N(C2=CCCCC2)C2CC2)cc1S(=O)(=O)N1CCCCC1C. The molecule has 1 amide bonds. The second kappa shape index (κ2) is 10.5. The fraction of sp³-hybridized carbons (Fsp3) is 0.600. The van der Waals surface area contributed by atoms with Crippen molar-refractivity contribution in [1.29, 1.82) is 0 Å². The Kier molecular flexibility index (Phi) is 7.62. The van der Waals surface area contributed by atoms with Crippen LogP contribution in [0.1, 0.15) is 75.1 Å². The van der Waals surface area contributed by atoms with E-state index in [1.165, 1.54) is 29.6 Å². The number of amides is 1.